The molecule has 7 heteroatoms. The fourth-order valence-corrected chi connectivity index (χ4v) is 3.79. The first kappa shape index (κ1) is 21.2. The van der Waals surface area contributed by atoms with Gasteiger partial charge in [0.15, 0.2) is 11.5 Å². The zero-order valence-electron chi connectivity index (χ0n) is 18.2. The number of halogens is 1. The molecular formula is C24H28FN3O3. The van der Waals surface area contributed by atoms with Crippen LogP contribution in [0.1, 0.15) is 49.8 Å². The molecule has 1 aromatic heterocycles. The Bertz CT molecular complexity index is 1090. The van der Waals surface area contributed by atoms with Crippen molar-refractivity contribution in [3.63, 3.8) is 0 Å². The van der Waals surface area contributed by atoms with Gasteiger partial charge in [-0.1, -0.05) is 20.8 Å². The molecule has 2 aromatic carbocycles. The summed E-state index contributed by atoms with van der Waals surface area (Å²) >= 11 is 0. The highest BCUT2D eigenvalue weighted by molar-refractivity contribution is 5.95. The Morgan fingerprint density at radius 1 is 1.19 bits per heavy atom. The minimum absolute atomic E-state index is 0.0831. The molecule has 6 nitrogen and oxygen atoms in total. The van der Waals surface area contributed by atoms with Crippen LogP contribution in [0, 0.1) is 11.7 Å². The summed E-state index contributed by atoms with van der Waals surface area (Å²) in [4.78, 5) is 20.0. The maximum atomic E-state index is 13.9. The molecule has 0 saturated heterocycles. The molecule has 1 amide bonds. The van der Waals surface area contributed by atoms with Gasteiger partial charge in [-0.15, -0.1) is 0 Å². The van der Waals surface area contributed by atoms with Crippen LogP contribution in [0.25, 0.3) is 11.0 Å². The molecule has 0 radical (unpaired) electrons. The first-order valence-electron chi connectivity index (χ1n) is 10.8. The highest BCUT2D eigenvalue weighted by Crippen LogP contribution is 2.33. The van der Waals surface area contributed by atoms with Crippen molar-refractivity contribution in [2.75, 3.05) is 13.3 Å². The summed E-state index contributed by atoms with van der Waals surface area (Å²) in [5, 5.41) is 0. The van der Waals surface area contributed by atoms with Gasteiger partial charge in [0.1, 0.15) is 11.6 Å². The van der Waals surface area contributed by atoms with Crippen LogP contribution in [0.3, 0.4) is 0 Å². The molecule has 0 bridgehead atoms. The predicted molar refractivity (Wildman–Crippen MR) is 117 cm³/mol. The molecule has 2 heterocycles. The lowest BCUT2D eigenvalue weighted by atomic mass is 10.1. The molecule has 0 atom stereocenters. The van der Waals surface area contributed by atoms with Crippen LogP contribution in [0.4, 0.5) is 4.39 Å². The normalized spacial score (nSPS) is 12.7. The first-order valence-corrected chi connectivity index (χ1v) is 10.8. The number of ether oxygens (including phenoxy) is 2. The Morgan fingerprint density at radius 3 is 2.77 bits per heavy atom. The van der Waals surface area contributed by atoms with E-state index in [1.807, 2.05) is 9.47 Å². The SMILES string of the molecule is CCCn1c(CN(CCC(C)C)C(=O)c2ccc3c(c2)OCO3)nc2ccc(F)cc21. The number of fused-ring (bicyclic) bond motifs is 2. The van der Waals surface area contributed by atoms with Crippen molar-refractivity contribution in [3.8, 4) is 11.5 Å². The van der Waals surface area contributed by atoms with E-state index in [4.69, 9.17) is 14.5 Å². The van der Waals surface area contributed by atoms with Crippen molar-refractivity contribution in [1.82, 2.24) is 14.5 Å². The van der Waals surface area contributed by atoms with Gasteiger partial charge in [-0.2, -0.15) is 0 Å². The molecule has 164 valence electrons. The minimum atomic E-state index is -0.288. The number of hydrogen-bond donors (Lipinski definition) is 0. The maximum absolute atomic E-state index is 13.9. The summed E-state index contributed by atoms with van der Waals surface area (Å²) in [5.41, 5.74) is 2.05. The lowest BCUT2D eigenvalue weighted by Gasteiger charge is -2.24. The third kappa shape index (κ3) is 4.50. The zero-order valence-corrected chi connectivity index (χ0v) is 18.2. The Hall–Kier alpha value is -3.09. The smallest absolute Gasteiger partial charge is 0.254 e. The van der Waals surface area contributed by atoms with Crippen molar-refractivity contribution in [2.45, 2.75) is 46.7 Å². The molecule has 31 heavy (non-hydrogen) atoms. The van der Waals surface area contributed by atoms with Gasteiger partial charge in [0.2, 0.25) is 6.79 Å². The van der Waals surface area contributed by atoms with Gasteiger partial charge in [-0.25, -0.2) is 9.37 Å². The minimum Gasteiger partial charge on any atom is -0.454 e. The van der Waals surface area contributed by atoms with Crippen LogP contribution >= 0.6 is 0 Å². The molecule has 1 aliphatic heterocycles. The van der Waals surface area contributed by atoms with Gasteiger partial charge in [0.25, 0.3) is 5.91 Å². The molecule has 4 rings (SSSR count). The van der Waals surface area contributed by atoms with E-state index in [1.54, 1.807) is 24.3 Å². The van der Waals surface area contributed by atoms with Gasteiger partial charge >= 0.3 is 0 Å². The Kier molecular flexibility index (Phi) is 6.11. The van der Waals surface area contributed by atoms with Crippen molar-refractivity contribution in [3.05, 3.63) is 53.6 Å². The third-order valence-electron chi connectivity index (χ3n) is 5.45. The predicted octanol–water partition coefficient (Wildman–Crippen LogP) is 5.00. The lowest BCUT2D eigenvalue weighted by molar-refractivity contribution is 0.0729. The largest absolute Gasteiger partial charge is 0.454 e. The van der Waals surface area contributed by atoms with Crippen molar-refractivity contribution < 1.29 is 18.7 Å². The van der Waals surface area contributed by atoms with Crippen molar-refractivity contribution in [1.29, 1.82) is 0 Å². The van der Waals surface area contributed by atoms with Gasteiger partial charge in [-0.05, 0) is 55.2 Å². The van der Waals surface area contributed by atoms with E-state index in [2.05, 4.69) is 20.8 Å². The maximum Gasteiger partial charge on any atom is 0.254 e. The summed E-state index contributed by atoms with van der Waals surface area (Å²) in [7, 11) is 0. The van der Waals surface area contributed by atoms with E-state index >= 15 is 0 Å². The quantitative estimate of drug-likeness (QED) is 0.510. The number of carbonyl (C=O) groups is 1. The topological polar surface area (TPSA) is 56.6 Å². The molecule has 0 N–H and O–H groups in total. The monoisotopic (exact) mass is 425 g/mol. The van der Waals surface area contributed by atoms with E-state index in [0.29, 0.717) is 42.6 Å². The number of benzene rings is 2. The van der Waals surface area contributed by atoms with E-state index in [9.17, 15) is 9.18 Å². The Balaban J connectivity index is 1.67. The van der Waals surface area contributed by atoms with Gasteiger partial charge < -0.3 is 18.9 Å². The Morgan fingerprint density at radius 2 is 2.00 bits per heavy atom. The molecule has 0 saturated carbocycles. The van der Waals surface area contributed by atoms with Gasteiger partial charge in [0.05, 0.1) is 17.6 Å². The second kappa shape index (κ2) is 8.96. The van der Waals surface area contributed by atoms with Crippen molar-refractivity contribution >= 4 is 16.9 Å². The third-order valence-corrected chi connectivity index (χ3v) is 5.45. The van der Waals surface area contributed by atoms with Gasteiger partial charge in [-0.3, -0.25) is 4.79 Å². The molecular weight excluding hydrogens is 397 g/mol. The number of aryl methyl sites for hydroxylation is 1. The number of aromatic nitrogens is 2. The fraction of sp³-hybridized carbons (Fsp3) is 0.417. The number of nitrogens with zero attached hydrogens (tertiary/aromatic N) is 3. The summed E-state index contributed by atoms with van der Waals surface area (Å²) in [6.07, 6.45) is 1.76. The molecule has 0 spiro atoms. The second-order valence-corrected chi connectivity index (χ2v) is 8.29. The van der Waals surface area contributed by atoms with E-state index in [0.717, 1.165) is 29.7 Å². The van der Waals surface area contributed by atoms with Crippen LogP contribution in [-0.2, 0) is 13.1 Å². The number of hydrogen-bond acceptors (Lipinski definition) is 4. The van der Waals surface area contributed by atoms with Crippen LogP contribution in [0.2, 0.25) is 0 Å². The number of amides is 1. The van der Waals surface area contributed by atoms with Crippen LogP contribution in [-0.4, -0.2) is 33.7 Å². The van der Waals surface area contributed by atoms with Crippen LogP contribution < -0.4 is 9.47 Å². The molecule has 0 fully saturated rings. The Labute approximate surface area is 181 Å². The van der Waals surface area contributed by atoms with E-state index in [1.165, 1.54) is 12.1 Å². The molecule has 0 aliphatic carbocycles. The summed E-state index contributed by atoms with van der Waals surface area (Å²) in [5.74, 6) is 2.08. The average Bonchev–Trinajstić information content (AvgIpc) is 3.35. The van der Waals surface area contributed by atoms with Crippen molar-refractivity contribution in [2.24, 2.45) is 5.92 Å². The second-order valence-electron chi connectivity index (χ2n) is 8.29. The highest BCUT2D eigenvalue weighted by Gasteiger charge is 2.23. The zero-order chi connectivity index (χ0) is 22.0. The molecule has 1 aliphatic rings. The average molecular weight is 426 g/mol. The number of imidazole rings is 1. The summed E-state index contributed by atoms with van der Waals surface area (Å²) in [6, 6.07) is 9.90. The van der Waals surface area contributed by atoms with Crippen LogP contribution in [0.5, 0.6) is 11.5 Å². The first-order chi connectivity index (χ1) is 15.0. The standard InChI is InChI=1S/C24H28FN3O3/c1-4-10-28-20-13-18(25)6-7-19(20)26-23(28)14-27(11-9-16(2)3)24(29)17-5-8-21-22(12-17)31-15-30-21/h5-8,12-13,16H,4,9-11,14-15H2,1-3H3. The van der Waals surface area contributed by atoms with E-state index in [-0.39, 0.29) is 18.5 Å². The van der Waals surface area contributed by atoms with Crippen LogP contribution in [0.15, 0.2) is 36.4 Å². The summed E-state index contributed by atoms with van der Waals surface area (Å²) < 4.78 is 26.7. The fourth-order valence-electron chi connectivity index (χ4n) is 3.79. The molecule has 0 unspecified atom stereocenters. The lowest BCUT2D eigenvalue weighted by Crippen LogP contribution is -2.33. The number of carbonyl (C=O) groups excluding carboxylic acids is 1. The van der Waals surface area contributed by atoms with Gasteiger partial charge in [0, 0.05) is 18.7 Å². The highest BCUT2D eigenvalue weighted by atomic mass is 19.1. The summed E-state index contributed by atoms with van der Waals surface area (Å²) in [6.45, 7) is 8.19. The molecule has 3 aromatic rings. The number of rotatable bonds is 8. The van der Waals surface area contributed by atoms with E-state index < -0.39 is 0 Å².